The highest BCUT2D eigenvalue weighted by molar-refractivity contribution is 6.13. The van der Waals surface area contributed by atoms with E-state index >= 15 is 0 Å². The highest BCUT2D eigenvalue weighted by atomic mass is 16.5. The molecular weight excluding hydrogens is 380 g/mol. The van der Waals surface area contributed by atoms with Crippen LogP contribution in [-0.2, 0) is 9.47 Å². The van der Waals surface area contributed by atoms with Crippen molar-refractivity contribution in [3.8, 4) is 0 Å². The lowest BCUT2D eigenvalue weighted by molar-refractivity contribution is 0.0600. The minimum Gasteiger partial charge on any atom is -0.465 e. The van der Waals surface area contributed by atoms with E-state index in [1.165, 1.54) is 7.11 Å². The van der Waals surface area contributed by atoms with Crippen molar-refractivity contribution in [1.29, 1.82) is 0 Å². The number of fused-ring (bicyclic) bond motifs is 1. The molecule has 6 nitrogen and oxygen atoms in total. The number of nitrogens with one attached hydrogen (secondary N) is 1. The van der Waals surface area contributed by atoms with E-state index in [4.69, 9.17) is 14.5 Å². The normalized spacial score (nSPS) is 15.9. The maximum absolute atomic E-state index is 13.2. The van der Waals surface area contributed by atoms with E-state index in [9.17, 15) is 9.59 Å². The first-order valence-electron chi connectivity index (χ1n) is 9.99. The summed E-state index contributed by atoms with van der Waals surface area (Å²) in [6, 6.07) is 12.5. The summed E-state index contributed by atoms with van der Waals surface area (Å²) in [5.74, 6) is -0.641. The number of rotatable bonds is 4. The van der Waals surface area contributed by atoms with Gasteiger partial charge >= 0.3 is 5.97 Å². The molecule has 1 aromatic heterocycles. The second kappa shape index (κ2) is 8.24. The van der Waals surface area contributed by atoms with E-state index in [2.05, 4.69) is 11.4 Å². The zero-order valence-electron chi connectivity index (χ0n) is 17.3. The van der Waals surface area contributed by atoms with Gasteiger partial charge in [-0.1, -0.05) is 11.6 Å². The molecule has 6 heteroatoms. The zero-order chi connectivity index (χ0) is 21.3. The molecule has 1 aliphatic rings. The number of methoxy groups -OCH3 is 1. The molecule has 0 saturated carbocycles. The number of ether oxygens (including phenoxy) is 2. The van der Waals surface area contributed by atoms with Crippen molar-refractivity contribution in [3.63, 3.8) is 0 Å². The van der Waals surface area contributed by atoms with Gasteiger partial charge in [0.15, 0.2) is 0 Å². The number of aryl methyl sites for hydroxylation is 2. The monoisotopic (exact) mass is 404 g/mol. The topological polar surface area (TPSA) is 77.5 Å². The lowest BCUT2D eigenvalue weighted by Crippen LogP contribution is -2.15. The standard InChI is InChI=1S/C24H24N2O4/c1-14-11-15(2)22-18(12-14)19(13-20(26-22)21-5-4-10-30-21)23(27)25-17-8-6-16(7-9-17)24(28)29-3/h6-9,11-13,21H,4-5,10H2,1-3H3,(H,25,27). The first kappa shape index (κ1) is 20.0. The maximum Gasteiger partial charge on any atom is 0.337 e. The van der Waals surface area contributed by atoms with Crippen LogP contribution >= 0.6 is 0 Å². The largest absolute Gasteiger partial charge is 0.465 e. The molecule has 0 spiro atoms. The fraction of sp³-hybridized carbons (Fsp3) is 0.292. The van der Waals surface area contributed by atoms with E-state index in [1.54, 1.807) is 24.3 Å². The second-order valence-electron chi connectivity index (χ2n) is 7.60. The minimum atomic E-state index is -0.417. The summed E-state index contributed by atoms with van der Waals surface area (Å²) in [6.07, 6.45) is 1.81. The molecule has 0 bridgehead atoms. The zero-order valence-corrected chi connectivity index (χ0v) is 17.3. The molecule has 4 rings (SSSR count). The van der Waals surface area contributed by atoms with Crippen molar-refractivity contribution >= 4 is 28.5 Å². The highest BCUT2D eigenvalue weighted by Crippen LogP contribution is 2.32. The van der Waals surface area contributed by atoms with Crippen LogP contribution in [0.2, 0.25) is 0 Å². The molecule has 2 aromatic carbocycles. The molecule has 1 unspecified atom stereocenters. The van der Waals surface area contributed by atoms with E-state index < -0.39 is 5.97 Å². The van der Waals surface area contributed by atoms with Gasteiger partial charge in [0.1, 0.15) is 0 Å². The summed E-state index contributed by atoms with van der Waals surface area (Å²) in [5, 5.41) is 3.75. The third-order valence-corrected chi connectivity index (χ3v) is 5.34. The molecule has 3 aromatic rings. The van der Waals surface area contributed by atoms with Gasteiger partial charge in [-0.15, -0.1) is 0 Å². The average molecular weight is 404 g/mol. The Morgan fingerprint density at radius 1 is 1.13 bits per heavy atom. The maximum atomic E-state index is 13.2. The van der Waals surface area contributed by atoms with Crippen molar-refractivity contribution in [2.45, 2.75) is 32.8 Å². The number of hydrogen-bond acceptors (Lipinski definition) is 5. The van der Waals surface area contributed by atoms with Crippen LogP contribution in [0.25, 0.3) is 10.9 Å². The van der Waals surface area contributed by atoms with Crippen LogP contribution in [0.5, 0.6) is 0 Å². The van der Waals surface area contributed by atoms with Crippen molar-refractivity contribution in [2.75, 3.05) is 19.0 Å². The van der Waals surface area contributed by atoms with Gasteiger partial charge in [0.25, 0.3) is 5.91 Å². The Balaban J connectivity index is 1.72. The molecule has 1 N–H and O–H groups in total. The Bertz CT molecular complexity index is 1120. The van der Waals surface area contributed by atoms with E-state index in [1.807, 2.05) is 26.0 Å². The van der Waals surface area contributed by atoms with E-state index in [0.717, 1.165) is 40.6 Å². The van der Waals surface area contributed by atoms with Gasteiger partial charge in [0.05, 0.1) is 35.6 Å². The summed E-state index contributed by atoms with van der Waals surface area (Å²) in [7, 11) is 1.34. The summed E-state index contributed by atoms with van der Waals surface area (Å²) >= 11 is 0. The van der Waals surface area contributed by atoms with Gasteiger partial charge in [-0.05, 0) is 68.7 Å². The number of aromatic nitrogens is 1. The Hall–Kier alpha value is -3.25. The van der Waals surface area contributed by atoms with Crippen LogP contribution < -0.4 is 5.32 Å². The Morgan fingerprint density at radius 2 is 1.90 bits per heavy atom. The third kappa shape index (κ3) is 3.91. The van der Waals surface area contributed by atoms with Crippen molar-refractivity contribution in [2.24, 2.45) is 0 Å². The lowest BCUT2D eigenvalue weighted by Gasteiger charge is -2.15. The van der Waals surface area contributed by atoms with Crippen LogP contribution in [0.3, 0.4) is 0 Å². The number of pyridine rings is 1. The van der Waals surface area contributed by atoms with Crippen molar-refractivity contribution in [3.05, 3.63) is 70.4 Å². The number of benzene rings is 2. The van der Waals surface area contributed by atoms with Gasteiger partial charge in [-0.3, -0.25) is 4.79 Å². The fourth-order valence-electron chi connectivity index (χ4n) is 3.87. The number of nitrogens with zero attached hydrogens (tertiary/aromatic N) is 1. The van der Waals surface area contributed by atoms with E-state index in [0.29, 0.717) is 23.4 Å². The summed E-state index contributed by atoms with van der Waals surface area (Å²) in [4.78, 5) is 29.7. The number of amides is 1. The van der Waals surface area contributed by atoms with Crippen molar-refractivity contribution < 1.29 is 19.1 Å². The molecule has 0 radical (unpaired) electrons. The van der Waals surface area contributed by atoms with Gasteiger partial charge in [-0.25, -0.2) is 9.78 Å². The lowest BCUT2D eigenvalue weighted by atomic mass is 9.99. The molecule has 1 saturated heterocycles. The second-order valence-corrected chi connectivity index (χ2v) is 7.60. The number of carbonyl (C=O) groups excluding carboxylic acids is 2. The van der Waals surface area contributed by atoms with E-state index in [-0.39, 0.29) is 12.0 Å². The third-order valence-electron chi connectivity index (χ3n) is 5.34. The van der Waals surface area contributed by atoms with Crippen LogP contribution in [0.1, 0.15) is 56.5 Å². The van der Waals surface area contributed by atoms with Crippen molar-refractivity contribution in [1.82, 2.24) is 4.98 Å². The highest BCUT2D eigenvalue weighted by Gasteiger charge is 2.23. The predicted octanol–water partition coefficient (Wildman–Crippen LogP) is 4.74. The van der Waals surface area contributed by atoms with Gasteiger partial charge < -0.3 is 14.8 Å². The molecule has 30 heavy (non-hydrogen) atoms. The van der Waals surface area contributed by atoms with Gasteiger partial charge in [0, 0.05) is 17.7 Å². The first-order chi connectivity index (χ1) is 14.5. The molecule has 154 valence electrons. The molecule has 1 amide bonds. The fourth-order valence-corrected chi connectivity index (χ4v) is 3.87. The average Bonchev–Trinajstić information content (AvgIpc) is 3.28. The van der Waals surface area contributed by atoms with Gasteiger partial charge in [0.2, 0.25) is 0 Å². The molecule has 0 aliphatic carbocycles. The molecule has 1 aliphatic heterocycles. The Morgan fingerprint density at radius 3 is 2.57 bits per heavy atom. The SMILES string of the molecule is COC(=O)c1ccc(NC(=O)c2cc(C3CCCO3)nc3c(C)cc(C)cc23)cc1. The van der Waals surface area contributed by atoms with Crippen LogP contribution in [0.4, 0.5) is 5.69 Å². The molecular formula is C24H24N2O4. The smallest absolute Gasteiger partial charge is 0.337 e. The van der Waals surface area contributed by atoms with Crippen LogP contribution in [-0.4, -0.2) is 30.6 Å². The number of hydrogen-bond donors (Lipinski definition) is 1. The van der Waals surface area contributed by atoms with Crippen LogP contribution in [0, 0.1) is 13.8 Å². The quantitative estimate of drug-likeness (QED) is 0.636. The summed E-state index contributed by atoms with van der Waals surface area (Å²) in [6.45, 7) is 4.73. The number of esters is 1. The molecule has 1 atom stereocenters. The number of anilines is 1. The first-order valence-corrected chi connectivity index (χ1v) is 9.99. The minimum absolute atomic E-state index is 0.0824. The number of carbonyl (C=O) groups is 2. The Kier molecular flexibility index (Phi) is 5.50. The summed E-state index contributed by atoms with van der Waals surface area (Å²) < 4.78 is 10.5. The Labute approximate surface area is 175 Å². The predicted molar refractivity (Wildman–Crippen MR) is 115 cm³/mol. The van der Waals surface area contributed by atoms with Gasteiger partial charge in [-0.2, -0.15) is 0 Å². The summed E-state index contributed by atoms with van der Waals surface area (Å²) in [5.41, 5.74) is 5.30. The molecule has 2 heterocycles. The molecule has 1 fully saturated rings. The van der Waals surface area contributed by atoms with Crippen LogP contribution in [0.15, 0.2) is 42.5 Å².